The van der Waals surface area contributed by atoms with Gasteiger partial charge < -0.3 is 15.2 Å². The van der Waals surface area contributed by atoms with Crippen LogP contribution in [-0.4, -0.2) is 33.3 Å². The molecule has 2 fully saturated rings. The first-order valence-electron chi connectivity index (χ1n) is 12.0. The summed E-state index contributed by atoms with van der Waals surface area (Å²) in [6, 6.07) is 16.0. The van der Waals surface area contributed by atoms with E-state index in [1.165, 1.54) is 12.8 Å². The average molecular weight is 428 g/mol. The van der Waals surface area contributed by atoms with E-state index < -0.39 is 5.54 Å². The molecule has 2 aromatic carbocycles. The van der Waals surface area contributed by atoms with E-state index in [2.05, 4.69) is 15.2 Å². The van der Waals surface area contributed by atoms with E-state index in [1.54, 1.807) is 0 Å². The van der Waals surface area contributed by atoms with Crippen LogP contribution in [0.2, 0.25) is 0 Å². The minimum absolute atomic E-state index is 0.000697. The highest BCUT2D eigenvalue weighted by Gasteiger charge is 2.57. The molecule has 5 heteroatoms. The summed E-state index contributed by atoms with van der Waals surface area (Å²) in [5.74, 6) is -0.217. The Morgan fingerprint density at radius 1 is 1.00 bits per heavy atom. The Hall–Kier alpha value is -3.08. The summed E-state index contributed by atoms with van der Waals surface area (Å²) >= 11 is 0. The highest BCUT2D eigenvalue weighted by molar-refractivity contribution is 6.05. The Balaban J connectivity index is 1.44. The zero-order valence-corrected chi connectivity index (χ0v) is 18.3. The number of benzene rings is 2. The van der Waals surface area contributed by atoms with E-state index in [0.29, 0.717) is 5.56 Å². The predicted octanol–water partition coefficient (Wildman–Crippen LogP) is 5.60. The monoisotopic (exact) mass is 427 g/mol. The van der Waals surface area contributed by atoms with Gasteiger partial charge in [0.15, 0.2) is 0 Å². The van der Waals surface area contributed by atoms with Crippen LogP contribution >= 0.6 is 0 Å². The summed E-state index contributed by atoms with van der Waals surface area (Å²) in [7, 11) is 0. The van der Waals surface area contributed by atoms with E-state index in [-0.39, 0.29) is 23.8 Å². The minimum Gasteiger partial charge on any atom is -0.361 e. The summed E-state index contributed by atoms with van der Waals surface area (Å²) in [5.41, 5.74) is 2.98. The number of anilines is 1. The largest absolute Gasteiger partial charge is 0.361 e. The molecule has 1 aromatic heterocycles. The molecule has 5 nitrogen and oxygen atoms in total. The maximum atomic E-state index is 14.0. The number of carbonyl (C=O) groups excluding carboxylic acids is 2. The second-order valence-corrected chi connectivity index (χ2v) is 9.71. The van der Waals surface area contributed by atoms with Crippen LogP contribution in [0.3, 0.4) is 0 Å². The van der Waals surface area contributed by atoms with Crippen molar-refractivity contribution in [3.8, 4) is 0 Å². The molecule has 2 amide bonds. The molecule has 1 aliphatic heterocycles. The third-order valence-corrected chi connectivity index (χ3v) is 7.98. The van der Waals surface area contributed by atoms with Crippen LogP contribution in [0.15, 0.2) is 54.7 Å². The summed E-state index contributed by atoms with van der Waals surface area (Å²) < 4.78 is 0. The molecule has 0 radical (unpaired) electrons. The van der Waals surface area contributed by atoms with Crippen molar-refractivity contribution in [2.45, 2.75) is 68.9 Å². The summed E-state index contributed by atoms with van der Waals surface area (Å²) in [4.78, 5) is 33.2. The molecule has 6 rings (SSSR count). The van der Waals surface area contributed by atoms with Gasteiger partial charge in [-0.1, -0.05) is 49.9 Å². The van der Waals surface area contributed by atoms with Crippen molar-refractivity contribution in [2.75, 3.05) is 5.32 Å². The van der Waals surface area contributed by atoms with Crippen molar-refractivity contribution >= 4 is 28.4 Å². The molecular formula is C27H29N3O2. The number of hydrogen-bond donors (Lipinski definition) is 2. The normalized spacial score (nSPS) is 22.6. The lowest BCUT2D eigenvalue weighted by atomic mass is 9.70. The van der Waals surface area contributed by atoms with Crippen LogP contribution in [0.5, 0.6) is 0 Å². The number of carbonyl (C=O) groups is 2. The van der Waals surface area contributed by atoms with Crippen LogP contribution in [0.1, 0.15) is 73.2 Å². The molecule has 32 heavy (non-hydrogen) atoms. The van der Waals surface area contributed by atoms with E-state index in [9.17, 15) is 9.59 Å². The molecule has 0 unspecified atom stereocenters. The molecule has 3 aromatic rings. The van der Waals surface area contributed by atoms with Gasteiger partial charge in [0.2, 0.25) is 5.91 Å². The zero-order valence-electron chi connectivity index (χ0n) is 18.3. The molecular weight excluding hydrogens is 398 g/mol. The van der Waals surface area contributed by atoms with Crippen molar-refractivity contribution in [1.29, 1.82) is 0 Å². The van der Waals surface area contributed by atoms with Gasteiger partial charge in [0, 0.05) is 29.0 Å². The number of rotatable bonds is 3. The average Bonchev–Trinajstić information content (AvgIpc) is 3.56. The first-order chi connectivity index (χ1) is 15.7. The number of aromatic amines is 1. The van der Waals surface area contributed by atoms with Crippen LogP contribution in [-0.2, 0) is 4.79 Å². The van der Waals surface area contributed by atoms with Crippen LogP contribution in [0.25, 0.3) is 10.9 Å². The van der Waals surface area contributed by atoms with Gasteiger partial charge in [-0.05, 0) is 60.9 Å². The lowest BCUT2D eigenvalue weighted by Gasteiger charge is -2.52. The fourth-order valence-corrected chi connectivity index (χ4v) is 6.64. The van der Waals surface area contributed by atoms with Gasteiger partial charge in [-0.15, -0.1) is 0 Å². The smallest absolute Gasteiger partial charge is 0.254 e. The quantitative estimate of drug-likeness (QED) is 0.571. The van der Waals surface area contributed by atoms with Gasteiger partial charge in [-0.2, -0.15) is 0 Å². The maximum absolute atomic E-state index is 14.0. The molecule has 1 spiro atoms. The summed E-state index contributed by atoms with van der Waals surface area (Å²) in [5, 5.41) is 4.34. The van der Waals surface area contributed by atoms with E-state index in [4.69, 9.17) is 0 Å². The van der Waals surface area contributed by atoms with Crippen LogP contribution < -0.4 is 5.32 Å². The van der Waals surface area contributed by atoms with Crippen molar-refractivity contribution in [2.24, 2.45) is 0 Å². The highest BCUT2D eigenvalue weighted by atomic mass is 16.2. The molecule has 164 valence electrons. The second kappa shape index (κ2) is 7.51. The lowest BCUT2D eigenvalue weighted by Crippen LogP contribution is -2.62. The predicted molar refractivity (Wildman–Crippen MR) is 126 cm³/mol. The fourth-order valence-electron chi connectivity index (χ4n) is 6.64. The number of fused-ring (bicyclic) bond motifs is 2. The van der Waals surface area contributed by atoms with Crippen molar-refractivity contribution < 1.29 is 9.59 Å². The van der Waals surface area contributed by atoms with Crippen molar-refractivity contribution in [3.05, 3.63) is 65.9 Å². The van der Waals surface area contributed by atoms with Gasteiger partial charge in [0.05, 0.1) is 11.5 Å². The zero-order chi connectivity index (χ0) is 21.7. The fraction of sp³-hybridized carbons (Fsp3) is 0.407. The highest BCUT2D eigenvalue weighted by Crippen LogP contribution is 2.52. The topological polar surface area (TPSA) is 65.2 Å². The number of nitrogens with zero attached hydrogens (tertiary/aromatic N) is 1. The van der Waals surface area contributed by atoms with Crippen LogP contribution in [0, 0.1) is 0 Å². The van der Waals surface area contributed by atoms with Crippen molar-refractivity contribution in [1.82, 2.24) is 9.88 Å². The second-order valence-electron chi connectivity index (χ2n) is 9.71. The molecule has 0 saturated heterocycles. The van der Waals surface area contributed by atoms with Gasteiger partial charge in [0.25, 0.3) is 5.91 Å². The summed E-state index contributed by atoms with van der Waals surface area (Å²) in [6.07, 6.45) is 10.3. The van der Waals surface area contributed by atoms with E-state index in [1.807, 2.05) is 54.7 Å². The van der Waals surface area contributed by atoms with E-state index in [0.717, 1.165) is 60.7 Å². The molecule has 2 N–H and O–H groups in total. The Morgan fingerprint density at radius 2 is 1.78 bits per heavy atom. The number of hydrogen-bond acceptors (Lipinski definition) is 2. The van der Waals surface area contributed by atoms with Gasteiger partial charge >= 0.3 is 0 Å². The van der Waals surface area contributed by atoms with Crippen molar-refractivity contribution in [3.63, 3.8) is 0 Å². The number of H-pyrrole nitrogens is 1. The number of nitrogens with one attached hydrogen (secondary N) is 2. The Bertz CT molecular complexity index is 1180. The molecule has 2 saturated carbocycles. The Kier molecular flexibility index (Phi) is 4.60. The third-order valence-electron chi connectivity index (χ3n) is 7.98. The Morgan fingerprint density at radius 3 is 2.59 bits per heavy atom. The Labute approximate surface area is 188 Å². The van der Waals surface area contributed by atoms with Gasteiger partial charge in [-0.3, -0.25) is 9.59 Å². The maximum Gasteiger partial charge on any atom is 0.254 e. The SMILES string of the molecule is O=C(Nc1ccc2cc[nH]c2c1)[C@H]1c2ccccc2C(=O)N(C2CCCC2)C12CCCC2. The first kappa shape index (κ1) is 19.6. The lowest BCUT2D eigenvalue weighted by molar-refractivity contribution is -0.121. The van der Waals surface area contributed by atoms with E-state index >= 15 is 0 Å². The number of aromatic nitrogens is 1. The van der Waals surface area contributed by atoms with Gasteiger partial charge in [0.1, 0.15) is 0 Å². The first-order valence-corrected chi connectivity index (χ1v) is 12.0. The van der Waals surface area contributed by atoms with Crippen LogP contribution in [0.4, 0.5) is 5.69 Å². The molecule has 1 atom stereocenters. The molecule has 0 bridgehead atoms. The summed E-state index contributed by atoms with van der Waals surface area (Å²) in [6.45, 7) is 0. The molecule has 3 aliphatic rings. The van der Waals surface area contributed by atoms with Gasteiger partial charge in [-0.25, -0.2) is 0 Å². The standard InChI is InChI=1S/C27H29N3O2/c31-25(29-19-12-11-18-13-16-28-23(18)17-19)24-21-9-3-4-10-22(21)26(32)30(20-7-1-2-8-20)27(24)14-5-6-15-27/h3-4,9-13,16-17,20,24,28H,1-2,5-8,14-15H2,(H,29,31)/t24-/m1/s1. The third kappa shape index (κ3) is 2.90. The number of amides is 2. The molecule has 2 heterocycles. The molecule has 2 aliphatic carbocycles. The minimum atomic E-state index is -0.416.